The Hall–Kier alpha value is -1.26. The third-order valence-corrected chi connectivity index (χ3v) is 3.98. The quantitative estimate of drug-likeness (QED) is 0.628. The summed E-state index contributed by atoms with van der Waals surface area (Å²) >= 11 is 11.7. The summed E-state index contributed by atoms with van der Waals surface area (Å²) in [6.07, 6.45) is 5.06. The van der Waals surface area contributed by atoms with Crippen LogP contribution in [0.3, 0.4) is 0 Å². The van der Waals surface area contributed by atoms with Gasteiger partial charge in [0.1, 0.15) is 0 Å². The highest BCUT2D eigenvalue weighted by Gasteiger charge is 2.05. The van der Waals surface area contributed by atoms with Gasteiger partial charge in [-0.05, 0) is 30.5 Å². The van der Waals surface area contributed by atoms with Crippen molar-refractivity contribution in [2.75, 3.05) is 6.54 Å². The summed E-state index contributed by atoms with van der Waals surface area (Å²) in [7, 11) is 0. The van der Waals surface area contributed by atoms with Gasteiger partial charge < -0.3 is 10.4 Å². The molecule has 0 aliphatic heterocycles. The predicted molar refractivity (Wildman–Crippen MR) is 88.5 cm³/mol. The number of carboxylic acid groups (broad SMARTS) is 1. The van der Waals surface area contributed by atoms with E-state index in [0.717, 1.165) is 37.7 Å². The van der Waals surface area contributed by atoms with Crippen LogP contribution in [0.15, 0.2) is 18.2 Å². The van der Waals surface area contributed by atoms with Gasteiger partial charge in [0.15, 0.2) is 0 Å². The van der Waals surface area contributed by atoms with Crippen LogP contribution in [0.5, 0.6) is 0 Å². The smallest absolute Gasteiger partial charge is 0.303 e. The molecule has 4 nitrogen and oxygen atoms in total. The maximum Gasteiger partial charge on any atom is 0.303 e. The first-order chi connectivity index (χ1) is 10.5. The molecule has 1 rings (SSSR count). The van der Waals surface area contributed by atoms with Gasteiger partial charge in [0.2, 0.25) is 5.91 Å². The molecule has 22 heavy (non-hydrogen) atoms. The Bertz CT molecular complexity index is 506. The largest absolute Gasteiger partial charge is 0.481 e. The lowest BCUT2D eigenvalue weighted by molar-refractivity contribution is -0.137. The number of hydrogen-bond donors (Lipinski definition) is 2. The number of carboxylic acids is 1. The van der Waals surface area contributed by atoms with E-state index in [2.05, 4.69) is 5.32 Å². The van der Waals surface area contributed by atoms with Crippen molar-refractivity contribution < 1.29 is 14.7 Å². The molecule has 0 unspecified atom stereocenters. The molecule has 0 saturated heterocycles. The minimum atomic E-state index is -0.741. The number of aliphatic carboxylic acids is 1. The molecule has 0 spiro atoms. The molecule has 6 heteroatoms. The Morgan fingerprint density at radius 3 is 2.36 bits per heavy atom. The summed E-state index contributed by atoms with van der Waals surface area (Å²) < 4.78 is 0. The zero-order valence-electron chi connectivity index (χ0n) is 12.4. The zero-order valence-corrected chi connectivity index (χ0v) is 13.9. The summed E-state index contributed by atoms with van der Waals surface area (Å²) in [6.45, 7) is 0.638. The first kappa shape index (κ1) is 18.8. The van der Waals surface area contributed by atoms with E-state index in [4.69, 9.17) is 28.3 Å². The molecule has 0 radical (unpaired) electrons. The summed E-state index contributed by atoms with van der Waals surface area (Å²) in [6, 6.07) is 5.17. The van der Waals surface area contributed by atoms with Gasteiger partial charge in [0, 0.05) is 13.0 Å². The Balaban J connectivity index is 2.08. The number of hydrogen-bond acceptors (Lipinski definition) is 2. The standard InChI is InChI=1S/C16H21Cl2NO3/c17-13-8-7-12(10-14(13)18)11-15(20)19-9-5-3-1-2-4-6-16(21)22/h7-8,10H,1-6,9,11H2,(H,19,20)(H,21,22). The fourth-order valence-electron chi connectivity index (χ4n) is 2.06. The van der Waals surface area contributed by atoms with E-state index in [1.165, 1.54) is 0 Å². The van der Waals surface area contributed by atoms with Crippen LogP contribution in [-0.4, -0.2) is 23.5 Å². The molecule has 0 aliphatic carbocycles. The Morgan fingerprint density at radius 1 is 1.00 bits per heavy atom. The second kappa shape index (κ2) is 10.5. The average Bonchev–Trinajstić information content (AvgIpc) is 2.45. The van der Waals surface area contributed by atoms with E-state index in [-0.39, 0.29) is 18.7 Å². The molecule has 0 atom stereocenters. The molecule has 122 valence electrons. The highest BCUT2D eigenvalue weighted by Crippen LogP contribution is 2.22. The molecule has 2 N–H and O–H groups in total. The van der Waals surface area contributed by atoms with Crippen molar-refractivity contribution in [1.82, 2.24) is 5.32 Å². The van der Waals surface area contributed by atoms with Crippen molar-refractivity contribution in [2.45, 2.75) is 44.9 Å². The molecule has 0 saturated carbocycles. The van der Waals surface area contributed by atoms with Gasteiger partial charge in [0.05, 0.1) is 16.5 Å². The van der Waals surface area contributed by atoms with Gasteiger partial charge in [-0.25, -0.2) is 0 Å². The number of nitrogens with one attached hydrogen (secondary N) is 1. The van der Waals surface area contributed by atoms with E-state index in [1.807, 2.05) is 0 Å². The second-order valence-corrected chi connectivity index (χ2v) is 6.00. The highest BCUT2D eigenvalue weighted by atomic mass is 35.5. The number of rotatable bonds is 10. The van der Waals surface area contributed by atoms with Crippen LogP contribution < -0.4 is 5.32 Å². The van der Waals surface area contributed by atoms with E-state index in [0.29, 0.717) is 16.6 Å². The van der Waals surface area contributed by atoms with E-state index in [1.54, 1.807) is 18.2 Å². The molecule has 1 aromatic carbocycles. The first-order valence-electron chi connectivity index (χ1n) is 7.41. The van der Waals surface area contributed by atoms with Crippen LogP contribution in [0, 0.1) is 0 Å². The van der Waals surface area contributed by atoms with Crippen molar-refractivity contribution >= 4 is 35.1 Å². The van der Waals surface area contributed by atoms with Crippen molar-refractivity contribution in [3.05, 3.63) is 33.8 Å². The molecular weight excluding hydrogens is 325 g/mol. The summed E-state index contributed by atoms with van der Waals surface area (Å²) in [4.78, 5) is 22.1. The van der Waals surface area contributed by atoms with Crippen molar-refractivity contribution in [1.29, 1.82) is 0 Å². The minimum absolute atomic E-state index is 0.0377. The van der Waals surface area contributed by atoms with Crippen molar-refractivity contribution in [2.24, 2.45) is 0 Å². The van der Waals surface area contributed by atoms with Gasteiger partial charge in [-0.2, -0.15) is 0 Å². The number of benzene rings is 1. The van der Waals surface area contributed by atoms with E-state index < -0.39 is 5.97 Å². The van der Waals surface area contributed by atoms with Gasteiger partial charge in [-0.15, -0.1) is 0 Å². The Labute approximate surface area is 140 Å². The maximum atomic E-state index is 11.8. The van der Waals surface area contributed by atoms with Gasteiger partial charge in [-0.1, -0.05) is 48.5 Å². The Morgan fingerprint density at radius 2 is 1.68 bits per heavy atom. The third-order valence-electron chi connectivity index (χ3n) is 3.24. The number of carbonyl (C=O) groups excluding carboxylic acids is 1. The summed E-state index contributed by atoms with van der Waals surface area (Å²) in [5.74, 6) is -0.779. The van der Waals surface area contributed by atoms with E-state index in [9.17, 15) is 9.59 Å². The fourth-order valence-corrected chi connectivity index (χ4v) is 2.38. The van der Waals surface area contributed by atoms with Crippen molar-refractivity contribution in [3.63, 3.8) is 0 Å². The topological polar surface area (TPSA) is 66.4 Å². The van der Waals surface area contributed by atoms with Gasteiger partial charge >= 0.3 is 5.97 Å². The van der Waals surface area contributed by atoms with Crippen LogP contribution in [0.1, 0.15) is 44.1 Å². The summed E-state index contributed by atoms with van der Waals surface area (Å²) in [5, 5.41) is 12.3. The molecule has 0 aromatic heterocycles. The predicted octanol–water partition coefficient (Wildman–Crippen LogP) is 4.08. The third kappa shape index (κ3) is 8.25. The molecular formula is C16H21Cl2NO3. The molecule has 0 aliphatic rings. The number of halogens is 2. The van der Waals surface area contributed by atoms with Crippen molar-refractivity contribution in [3.8, 4) is 0 Å². The van der Waals surface area contributed by atoms with Crippen LogP contribution in [0.4, 0.5) is 0 Å². The molecule has 1 aromatic rings. The summed E-state index contributed by atoms with van der Waals surface area (Å²) in [5.41, 5.74) is 0.834. The maximum absolute atomic E-state index is 11.8. The fraction of sp³-hybridized carbons (Fsp3) is 0.500. The van der Waals surface area contributed by atoms with Crippen LogP contribution in [-0.2, 0) is 16.0 Å². The van der Waals surface area contributed by atoms with Crippen LogP contribution >= 0.6 is 23.2 Å². The second-order valence-electron chi connectivity index (χ2n) is 5.19. The van der Waals surface area contributed by atoms with Gasteiger partial charge in [0.25, 0.3) is 0 Å². The average molecular weight is 346 g/mol. The monoisotopic (exact) mass is 345 g/mol. The number of carbonyl (C=O) groups is 2. The van der Waals surface area contributed by atoms with Crippen LogP contribution in [0.2, 0.25) is 10.0 Å². The first-order valence-corrected chi connectivity index (χ1v) is 8.17. The minimum Gasteiger partial charge on any atom is -0.481 e. The number of amides is 1. The van der Waals surface area contributed by atoms with Crippen LogP contribution in [0.25, 0.3) is 0 Å². The molecule has 0 fully saturated rings. The molecule has 0 heterocycles. The lowest BCUT2D eigenvalue weighted by Gasteiger charge is -2.06. The zero-order chi connectivity index (χ0) is 16.4. The van der Waals surface area contributed by atoms with Gasteiger partial charge in [-0.3, -0.25) is 9.59 Å². The SMILES string of the molecule is O=C(O)CCCCCCCNC(=O)Cc1ccc(Cl)c(Cl)c1. The number of unbranched alkanes of at least 4 members (excludes halogenated alkanes) is 4. The highest BCUT2D eigenvalue weighted by molar-refractivity contribution is 6.42. The molecule has 1 amide bonds. The molecule has 0 bridgehead atoms. The Kier molecular flexibility index (Phi) is 8.94. The normalized spacial score (nSPS) is 10.5. The lowest BCUT2D eigenvalue weighted by Crippen LogP contribution is -2.26. The van der Waals surface area contributed by atoms with E-state index >= 15 is 0 Å². The lowest BCUT2D eigenvalue weighted by atomic mass is 10.1.